The van der Waals surface area contributed by atoms with Crippen LogP contribution < -0.4 is 5.73 Å². The molecule has 0 aliphatic carbocycles. The normalized spacial score (nSPS) is 15.1. The molecule has 0 fully saturated rings. The summed E-state index contributed by atoms with van der Waals surface area (Å²) in [6.45, 7) is 13.0. The van der Waals surface area contributed by atoms with E-state index in [1.165, 1.54) is 12.3 Å². The van der Waals surface area contributed by atoms with Crippen molar-refractivity contribution in [3.05, 3.63) is 29.8 Å². The zero-order valence-electron chi connectivity index (χ0n) is 13.3. The molecular formula is C16H28FN3. The Kier molecular flexibility index (Phi) is 6.56. The lowest BCUT2D eigenvalue weighted by Gasteiger charge is -2.32. The second-order valence-electron chi connectivity index (χ2n) is 6.35. The van der Waals surface area contributed by atoms with Gasteiger partial charge in [-0.2, -0.15) is 0 Å². The van der Waals surface area contributed by atoms with E-state index < -0.39 is 0 Å². The highest BCUT2D eigenvalue weighted by Crippen LogP contribution is 2.20. The van der Waals surface area contributed by atoms with E-state index in [-0.39, 0.29) is 17.8 Å². The van der Waals surface area contributed by atoms with Crippen molar-refractivity contribution in [2.75, 3.05) is 13.1 Å². The minimum Gasteiger partial charge on any atom is -0.322 e. The van der Waals surface area contributed by atoms with Crippen molar-refractivity contribution < 1.29 is 4.39 Å². The van der Waals surface area contributed by atoms with Gasteiger partial charge in [-0.05, 0) is 37.8 Å². The molecule has 3 nitrogen and oxygen atoms in total. The van der Waals surface area contributed by atoms with Crippen molar-refractivity contribution in [3.8, 4) is 0 Å². The smallest absolute Gasteiger partial charge is 0.141 e. The third-order valence-electron chi connectivity index (χ3n) is 3.56. The van der Waals surface area contributed by atoms with E-state index in [0.717, 1.165) is 18.8 Å². The maximum Gasteiger partial charge on any atom is 0.141 e. The van der Waals surface area contributed by atoms with Gasteiger partial charge >= 0.3 is 0 Å². The standard InChI is InChI=1S/C16H28FN3/c1-11(2)9-20(12(3)4)10-13(5)16(18)15-7-6-14(17)8-19-15/h6-8,11-13,16H,9-10,18H2,1-5H3. The van der Waals surface area contributed by atoms with Crippen molar-refractivity contribution >= 4 is 0 Å². The average molecular weight is 281 g/mol. The largest absolute Gasteiger partial charge is 0.322 e. The predicted octanol–water partition coefficient (Wildman–Crippen LogP) is 3.22. The van der Waals surface area contributed by atoms with Crippen molar-refractivity contribution in [2.45, 2.75) is 46.7 Å². The number of hydrogen-bond acceptors (Lipinski definition) is 3. The lowest BCUT2D eigenvalue weighted by molar-refractivity contribution is 0.162. The van der Waals surface area contributed by atoms with Crippen LogP contribution in [0.15, 0.2) is 18.3 Å². The molecule has 0 radical (unpaired) electrons. The second kappa shape index (κ2) is 7.70. The zero-order chi connectivity index (χ0) is 15.3. The fraction of sp³-hybridized carbons (Fsp3) is 0.688. The van der Waals surface area contributed by atoms with Gasteiger partial charge in [-0.15, -0.1) is 0 Å². The van der Waals surface area contributed by atoms with E-state index in [4.69, 9.17) is 5.73 Å². The first-order valence-electron chi connectivity index (χ1n) is 7.42. The minimum atomic E-state index is -0.322. The summed E-state index contributed by atoms with van der Waals surface area (Å²) < 4.78 is 12.9. The van der Waals surface area contributed by atoms with Crippen molar-refractivity contribution in [2.24, 2.45) is 17.6 Å². The Morgan fingerprint density at radius 3 is 2.25 bits per heavy atom. The number of aromatic nitrogens is 1. The first-order chi connectivity index (χ1) is 9.31. The topological polar surface area (TPSA) is 42.1 Å². The molecular weight excluding hydrogens is 253 g/mol. The van der Waals surface area contributed by atoms with Crippen LogP contribution in [-0.4, -0.2) is 29.0 Å². The van der Waals surface area contributed by atoms with Gasteiger partial charge in [-0.25, -0.2) is 4.39 Å². The van der Waals surface area contributed by atoms with Gasteiger partial charge in [-0.1, -0.05) is 20.8 Å². The number of halogens is 1. The van der Waals surface area contributed by atoms with Crippen LogP contribution in [0.2, 0.25) is 0 Å². The molecule has 2 N–H and O–H groups in total. The highest BCUT2D eigenvalue weighted by molar-refractivity contribution is 5.10. The van der Waals surface area contributed by atoms with Gasteiger partial charge in [-0.3, -0.25) is 4.98 Å². The zero-order valence-corrected chi connectivity index (χ0v) is 13.3. The molecule has 0 aromatic carbocycles. The molecule has 0 saturated heterocycles. The SMILES string of the molecule is CC(C)CN(CC(C)C(N)c1ccc(F)cn1)C(C)C. The summed E-state index contributed by atoms with van der Waals surface area (Å²) in [5.41, 5.74) is 7.01. The van der Waals surface area contributed by atoms with Gasteiger partial charge in [0.1, 0.15) is 5.82 Å². The van der Waals surface area contributed by atoms with Crippen LogP contribution in [0.5, 0.6) is 0 Å². The summed E-state index contributed by atoms with van der Waals surface area (Å²) in [6, 6.07) is 3.43. The Labute approximate surface area is 122 Å². The molecule has 1 heterocycles. The Balaban J connectivity index is 2.67. The Morgan fingerprint density at radius 1 is 1.15 bits per heavy atom. The van der Waals surface area contributed by atoms with E-state index in [9.17, 15) is 4.39 Å². The summed E-state index contributed by atoms with van der Waals surface area (Å²) in [4.78, 5) is 6.54. The lowest BCUT2D eigenvalue weighted by atomic mass is 9.97. The number of nitrogens with two attached hydrogens (primary N) is 1. The number of pyridine rings is 1. The van der Waals surface area contributed by atoms with Crippen molar-refractivity contribution in [1.82, 2.24) is 9.88 Å². The van der Waals surface area contributed by atoms with Crippen LogP contribution >= 0.6 is 0 Å². The maximum absolute atomic E-state index is 12.9. The van der Waals surface area contributed by atoms with Crippen LogP contribution in [0, 0.1) is 17.7 Å². The molecule has 2 unspecified atom stereocenters. The van der Waals surface area contributed by atoms with Gasteiger partial charge in [0.25, 0.3) is 0 Å². The van der Waals surface area contributed by atoms with E-state index in [1.54, 1.807) is 6.07 Å². The van der Waals surface area contributed by atoms with Crippen LogP contribution in [0.1, 0.15) is 46.4 Å². The third-order valence-corrected chi connectivity index (χ3v) is 3.56. The Bertz CT molecular complexity index is 389. The van der Waals surface area contributed by atoms with E-state index in [2.05, 4.69) is 44.5 Å². The van der Waals surface area contributed by atoms with Gasteiger partial charge in [0, 0.05) is 19.1 Å². The second-order valence-corrected chi connectivity index (χ2v) is 6.35. The molecule has 20 heavy (non-hydrogen) atoms. The fourth-order valence-electron chi connectivity index (χ4n) is 2.32. The Morgan fingerprint density at radius 2 is 1.80 bits per heavy atom. The molecule has 4 heteroatoms. The van der Waals surface area contributed by atoms with Gasteiger partial charge < -0.3 is 10.6 Å². The summed E-state index contributed by atoms with van der Waals surface area (Å²) in [5, 5.41) is 0. The van der Waals surface area contributed by atoms with Gasteiger partial charge in [0.2, 0.25) is 0 Å². The summed E-state index contributed by atoms with van der Waals surface area (Å²) >= 11 is 0. The molecule has 0 aliphatic heterocycles. The summed E-state index contributed by atoms with van der Waals surface area (Å²) in [7, 11) is 0. The molecule has 0 amide bonds. The summed E-state index contributed by atoms with van der Waals surface area (Å²) in [5.74, 6) is 0.580. The first kappa shape index (κ1) is 17.1. The molecule has 0 spiro atoms. The molecule has 0 aliphatic rings. The van der Waals surface area contributed by atoms with Gasteiger partial charge in [0.05, 0.1) is 17.9 Å². The van der Waals surface area contributed by atoms with Crippen LogP contribution in [0.25, 0.3) is 0 Å². The molecule has 0 saturated carbocycles. The van der Waals surface area contributed by atoms with Crippen LogP contribution in [-0.2, 0) is 0 Å². The number of nitrogens with zero attached hydrogens (tertiary/aromatic N) is 2. The van der Waals surface area contributed by atoms with Crippen LogP contribution in [0.4, 0.5) is 4.39 Å². The highest BCUT2D eigenvalue weighted by atomic mass is 19.1. The quantitative estimate of drug-likeness (QED) is 0.834. The van der Waals surface area contributed by atoms with Crippen molar-refractivity contribution in [3.63, 3.8) is 0 Å². The minimum absolute atomic E-state index is 0.163. The fourth-order valence-corrected chi connectivity index (χ4v) is 2.32. The molecule has 0 bridgehead atoms. The first-order valence-corrected chi connectivity index (χ1v) is 7.42. The van der Waals surface area contributed by atoms with E-state index >= 15 is 0 Å². The van der Waals surface area contributed by atoms with Crippen LogP contribution in [0.3, 0.4) is 0 Å². The predicted molar refractivity (Wildman–Crippen MR) is 81.8 cm³/mol. The third kappa shape index (κ3) is 5.17. The monoisotopic (exact) mass is 281 g/mol. The molecule has 114 valence electrons. The van der Waals surface area contributed by atoms with Gasteiger partial charge in [0.15, 0.2) is 0 Å². The molecule has 1 aromatic rings. The van der Waals surface area contributed by atoms with E-state index in [0.29, 0.717) is 12.0 Å². The average Bonchev–Trinajstić information content (AvgIpc) is 2.37. The Hall–Kier alpha value is -1.00. The number of hydrogen-bond donors (Lipinski definition) is 1. The molecule has 1 rings (SSSR count). The highest BCUT2D eigenvalue weighted by Gasteiger charge is 2.21. The number of rotatable bonds is 7. The van der Waals surface area contributed by atoms with Crippen molar-refractivity contribution in [1.29, 1.82) is 0 Å². The molecule has 1 aromatic heterocycles. The summed E-state index contributed by atoms with van der Waals surface area (Å²) in [6.07, 6.45) is 1.23. The maximum atomic E-state index is 12.9. The van der Waals surface area contributed by atoms with E-state index in [1.807, 2.05) is 0 Å². The lowest BCUT2D eigenvalue weighted by Crippen LogP contribution is -2.40. The molecule has 2 atom stereocenters.